The van der Waals surface area contributed by atoms with Gasteiger partial charge in [0, 0.05) is 24.2 Å². The largest absolute Gasteiger partial charge is 0.493 e. The minimum absolute atomic E-state index is 0.0816. The number of halogens is 1. The molecule has 0 radical (unpaired) electrons. The number of nitrogens with one attached hydrogen (secondary N) is 1. The monoisotopic (exact) mass is 587 g/mol. The van der Waals surface area contributed by atoms with Gasteiger partial charge in [-0.2, -0.15) is 0 Å². The first-order chi connectivity index (χ1) is 19.2. The molecule has 0 saturated carbocycles. The van der Waals surface area contributed by atoms with Gasteiger partial charge in [-0.1, -0.05) is 48.9 Å². The molecule has 0 aromatic heterocycles. The quantitative estimate of drug-likeness (QED) is 0.316. The zero-order chi connectivity index (χ0) is 29.3. The van der Waals surface area contributed by atoms with Crippen molar-refractivity contribution < 1.29 is 27.5 Å². The van der Waals surface area contributed by atoms with Gasteiger partial charge in [0.15, 0.2) is 11.5 Å². The standard InChI is InChI=1S/C29H34ClN3O6S/c1-5-25(29(35)31-6-2)32(19-21-12-14-22(30)15-13-21)28(34)20-33(23-10-8-7-9-11-23)40(36,37)24-16-17-26(38-3)27(18-24)39-4/h7-18,25H,5-6,19-20H2,1-4H3,(H,31,35). The molecule has 3 aromatic carbocycles. The van der Waals surface area contributed by atoms with Crippen molar-refractivity contribution in [2.45, 2.75) is 37.8 Å². The van der Waals surface area contributed by atoms with Crippen LogP contribution in [0.2, 0.25) is 5.02 Å². The second kappa shape index (κ2) is 14.0. The molecule has 0 heterocycles. The van der Waals surface area contributed by atoms with E-state index in [4.69, 9.17) is 21.1 Å². The Hall–Kier alpha value is -3.76. The molecule has 1 unspecified atom stereocenters. The highest BCUT2D eigenvalue weighted by atomic mass is 35.5. The van der Waals surface area contributed by atoms with Gasteiger partial charge in [0.1, 0.15) is 12.6 Å². The maximum atomic E-state index is 14.0. The fraction of sp³-hybridized carbons (Fsp3) is 0.310. The SMILES string of the molecule is CCNC(=O)C(CC)N(Cc1ccc(Cl)cc1)C(=O)CN(c1ccccc1)S(=O)(=O)c1ccc(OC)c(OC)c1. The summed E-state index contributed by atoms with van der Waals surface area (Å²) < 4.78 is 39.6. The number of anilines is 1. The van der Waals surface area contributed by atoms with E-state index in [0.717, 1.165) is 9.87 Å². The van der Waals surface area contributed by atoms with Crippen molar-refractivity contribution in [3.8, 4) is 11.5 Å². The third kappa shape index (κ3) is 7.25. The zero-order valence-corrected chi connectivity index (χ0v) is 24.5. The molecule has 40 heavy (non-hydrogen) atoms. The first-order valence-electron chi connectivity index (χ1n) is 12.8. The van der Waals surface area contributed by atoms with Crippen LogP contribution in [0.1, 0.15) is 25.8 Å². The minimum atomic E-state index is -4.25. The van der Waals surface area contributed by atoms with Gasteiger partial charge in [-0.15, -0.1) is 0 Å². The number of methoxy groups -OCH3 is 2. The number of nitrogens with zero attached hydrogens (tertiary/aromatic N) is 2. The Balaban J connectivity index is 2.06. The predicted molar refractivity (Wildman–Crippen MR) is 155 cm³/mol. The van der Waals surface area contributed by atoms with E-state index in [0.29, 0.717) is 29.4 Å². The Morgan fingerprint density at radius 2 is 1.57 bits per heavy atom. The summed E-state index contributed by atoms with van der Waals surface area (Å²) in [5.74, 6) is -0.262. The second-order valence-electron chi connectivity index (χ2n) is 8.83. The fourth-order valence-electron chi connectivity index (χ4n) is 4.23. The third-order valence-electron chi connectivity index (χ3n) is 6.27. The lowest BCUT2D eigenvalue weighted by atomic mass is 10.1. The number of ether oxygens (including phenoxy) is 2. The van der Waals surface area contributed by atoms with Crippen molar-refractivity contribution in [2.75, 3.05) is 31.6 Å². The van der Waals surface area contributed by atoms with Crippen molar-refractivity contribution >= 4 is 39.1 Å². The summed E-state index contributed by atoms with van der Waals surface area (Å²) in [6.07, 6.45) is 0.332. The number of sulfonamides is 1. The van der Waals surface area contributed by atoms with Crippen LogP contribution in [0.5, 0.6) is 11.5 Å². The average molecular weight is 588 g/mol. The lowest BCUT2D eigenvalue weighted by molar-refractivity contribution is -0.140. The van der Waals surface area contributed by atoms with Gasteiger partial charge in [0.25, 0.3) is 10.0 Å². The number of rotatable bonds is 13. The molecule has 1 N–H and O–H groups in total. The van der Waals surface area contributed by atoms with E-state index in [1.807, 2.05) is 0 Å². The highest BCUT2D eigenvalue weighted by Crippen LogP contribution is 2.32. The summed E-state index contributed by atoms with van der Waals surface area (Å²) in [6, 6.07) is 18.7. The maximum absolute atomic E-state index is 14.0. The number of likely N-dealkylation sites (N-methyl/N-ethyl adjacent to an activating group) is 1. The number of carbonyl (C=O) groups excluding carboxylic acids is 2. The first-order valence-corrected chi connectivity index (χ1v) is 14.6. The van der Waals surface area contributed by atoms with Crippen LogP contribution < -0.4 is 19.1 Å². The Morgan fingerprint density at radius 1 is 0.925 bits per heavy atom. The Morgan fingerprint density at radius 3 is 2.15 bits per heavy atom. The number of benzene rings is 3. The molecule has 9 nitrogen and oxygen atoms in total. The number of amides is 2. The highest BCUT2D eigenvalue weighted by Gasteiger charge is 2.34. The van der Waals surface area contributed by atoms with E-state index in [9.17, 15) is 18.0 Å². The normalized spacial score (nSPS) is 11.8. The van der Waals surface area contributed by atoms with Crippen LogP contribution in [0.25, 0.3) is 0 Å². The van der Waals surface area contributed by atoms with E-state index in [-0.39, 0.29) is 23.1 Å². The van der Waals surface area contributed by atoms with Crippen LogP contribution in [-0.4, -0.2) is 58.5 Å². The van der Waals surface area contributed by atoms with Gasteiger partial charge >= 0.3 is 0 Å². The summed E-state index contributed by atoms with van der Waals surface area (Å²) in [7, 11) is -1.39. The third-order valence-corrected chi connectivity index (χ3v) is 8.29. The van der Waals surface area contributed by atoms with Crippen LogP contribution in [0.4, 0.5) is 5.69 Å². The molecule has 3 aromatic rings. The second-order valence-corrected chi connectivity index (χ2v) is 11.1. The summed E-state index contributed by atoms with van der Waals surface area (Å²) in [5, 5.41) is 3.32. The van der Waals surface area contributed by atoms with Gasteiger partial charge in [-0.3, -0.25) is 13.9 Å². The van der Waals surface area contributed by atoms with Gasteiger partial charge < -0.3 is 19.7 Å². The lowest BCUT2D eigenvalue weighted by Gasteiger charge is -2.33. The smallest absolute Gasteiger partial charge is 0.264 e. The lowest BCUT2D eigenvalue weighted by Crippen LogP contribution is -2.52. The van der Waals surface area contributed by atoms with E-state index in [1.165, 1.54) is 37.3 Å². The van der Waals surface area contributed by atoms with Crippen molar-refractivity contribution in [1.29, 1.82) is 0 Å². The molecular formula is C29H34ClN3O6S. The Kier molecular flexibility index (Phi) is 10.8. The van der Waals surface area contributed by atoms with Gasteiger partial charge in [0.05, 0.1) is 24.8 Å². The van der Waals surface area contributed by atoms with Gasteiger partial charge in [0.2, 0.25) is 11.8 Å². The van der Waals surface area contributed by atoms with Crippen molar-refractivity contribution in [3.05, 3.63) is 83.4 Å². The van der Waals surface area contributed by atoms with Gasteiger partial charge in [-0.05, 0) is 55.3 Å². The molecule has 2 amide bonds. The minimum Gasteiger partial charge on any atom is -0.493 e. The van der Waals surface area contributed by atoms with Crippen molar-refractivity contribution in [3.63, 3.8) is 0 Å². The number of para-hydroxylation sites is 1. The molecule has 0 aliphatic heterocycles. The molecule has 3 rings (SSSR count). The molecule has 11 heteroatoms. The molecular weight excluding hydrogens is 554 g/mol. The zero-order valence-electron chi connectivity index (χ0n) is 23.0. The topological polar surface area (TPSA) is 105 Å². The molecule has 1 atom stereocenters. The highest BCUT2D eigenvalue weighted by molar-refractivity contribution is 7.92. The van der Waals surface area contributed by atoms with E-state index in [1.54, 1.807) is 68.4 Å². The van der Waals surface area contributed by atoms with Gasteiger partial charge in [-0.25, -0.2) is 8.42 Å². The molecule has 0 fully saturated rings. The van der Waals surface area contributed by atoms with E-state index < -0.39 is 28.5 Å². The van der Waals surface area contributed by atoms with E-state index >= 15 is 0 Å². The molecule has 0 spiro atoms. The predicted octanol–water partition coefficient (Wildman–Crippen LogP) is 4.50. The van der Waals surface area contributed by atoms with Crippen LogP contribution in [0.3, 0.4) is 0 Å². The summed E-state index contributed by atoms with van der Waals surface area (Å²) in [5.41, 5.74) is 1.04. The molecule has 0 bridgehead atoms. The van der Waals surface area contributed by atoms with Crippen LogP contribution in [0, 0.1) is 0 Å². The molecule has 0 aliphatic rings. The van der Waals surface area contributed by atoms with Crippen LogP contribution >= 0.6 is 11.6 Å². The average Bonchev–Trinajstić information content (AvgIpc) is 2.96. The first kappa shape index (κ1) is 30.8. The summed E-state index contributed by atoms with van der Waals surface area (Å²) in [4.78, 5) is 28.3. The summed E-state index contributed by atoms with van der Waals surface area (Å²) >= 11 is 6.04. The molecule has 0 aliphatic carbocycles. The van der Waals surface area contributed by atoms with Crippen LogP contribution in [-0.2, 0) is 26.2 Å². The van der Waals surface area contributed by atoms with E-state index in [2.05, 4.69) is 5.32 Å². The Labute approximate surface area is 240 Å². The summed E-state index contributed by atoms with van der Waals surface area (Å²) in [6.45, 7) is 3.54. The number of carbonyl (C=O) groups is 2. The maximum Gasteiger partial charge on any atom is 0.264 e. The van der Waals surface area contributed by atoms with Crippen molar-refractivity contribution in [1.82, 2.24) is 10.2 Å². The van der Waals surface area contributed by atoms with Crippen molar-refractivity contribution in [2.24, 2.45) is 0 Å². The van der Waals surface area contributed by atoms with Crippen LogP contribution in [0.15, 0.2) is 77.7 Å². The fourth-order valence-corrected chi connectivity index (χ4v) is 5.78. The number of hydrogen-bond acceptors (Lipinski definition) is 6. The molecule has 0 saturated heterocycles. The number of hydrogen-bond donors (Lipinski definition) is 1. The Bertz CT molecular complexity index is 1400. The molecule has 214 valence electrons.